The quantitative estimate of drug-likeness (QED) is 0.181. The molecule has 0 N–H and O–H groups in total. The van der Waals surface area contributed by atoms with Crippen molar-refractivity contribution in [2.24, 2.45) is 0 Å². The standard InChI is InChI=1S/C53H36N4/c1-53(2)43-28-25-33-15-9-10-20-38(33)48(43)49-50(34-16-5-3-6-17-34)54-52(55-51(49)53)57-45-24-14-12-22-40(45)42-32-36(27-30-47(42)57)35-26-29-46-41(31-35)39-21-11-13-23-44(39)56(46)37-18-7-4-8-19-37/h3-32H,1-2H3. The molecule has 0 amide bonds. The zero-order valence-electron chi connectivity index (χ0n) is 31.6. The third-order valence-electron chi connectivity index (χ3n) is 12.3. The van der Waals surface area contributed by atoms with Crippen LogP contribution in [0.25, 0.3) is 99.5 Å². The van der Waals surface area contributed by atoms with Crippen LogP contribution in [0.4, 0.5) is 0 Å². The summed E-state index contributed by atoms with van der Waals surface area (Å²) in [5.41, 5.74) is 14.5. The Bertz CT molecular complexity index is 3420. The van der Waals surface area contributed by atoms with E-state index in [2.05, 4.69) is 205 Å². The third-order valence-corrected chi connectivity index (χ3v) is 12.3. The van der Waals surface area contributed by atoms with Crippen molar-refractivity contribution in [1.29, 1.82) is 0 Å². The number of aromatic nitrogens is 4. The van der Waals surface area contributed by atoms with E-state index in [-0.39, 0.29) is 5.41 Å². The second-order valence-corrected chi connectivity index (χ2v) is 15.8. The van der Waals surface area contributed by atoms with E-state index in [1.165, 1.54) is 65.6 Å². The van der Waals surface area contributed by atoms with Gasteiger partial charge >= 0.3 is 0 Å². The molecule has 4 nitrogen and oxygen atoms in total. The van der Waals surface area contributed by atoms with Gasteiger partial charge in [-0.1, -0.05) is 147 Å². The molecule has 57 heavy (non-hydrogen) atoms. The summed E-state index contributed by atoms with van der Waals surface area (Å²) in [7, 11) is 0. The molecule has 11 aromatic rings. The Balaban J connectivity index is 1.08. The van der Waals surface area contributed by atoms with Crippen molar-refractivity contribution in [3.8, 4) is 45.1 Å². The van der Waals surface area contributed by atoms with Crippen molar-refractivity contribution >= 4 is 54.4 Å². The molecule has 3 aromatic heterocycles. The van der Waals surface area contributed by atoms with Crippen LogP contribution in [0.3, 0.4) is 0 Å². The van der Waals surface area contributed by atoms with Crippen LogP contribution in [-0.4, -0.2) is 19.1 Å². The van der Waals surface area contributed by atoms with Crippen molar-refractivity contribution in [3.05, 3.63) is 193 Å². The summed E-state index contributed by atoms with van der Waals surface area (Å²) in [4.78, 5) is 11.1. The van der Waals surface area contributed by atoms with Crippen molar-refractivity contribution in [3.63, 3.8) is 0 Å². The smallest absolute Gasteiger partial charge is 0.235 e. The molecular weight excluding hydrogens is 693 g/mol. The summed E-state index contributed by atoms with van der Waals surface area (Å²) >= 11 is 0. The van der Waals surface area contributed by atoms with Crippen LogP contribution in [0, 0.1) is 0 Å². The Morgan fingerprint density at radius 1 is 0.404 bits per heavy atom. The largest absolute Gasteiger partial charge is 0.309 e. The highest BCUT2D eigenvalue weighted by atomic mass is 15.2. The molecule has 8 aromatic carbocycles. The molecule has 12 rings (SSSR count). The molecule has 0 atom stereocenters. The lowest BCUT2D eigenvalue weighted by atomic mass is 9.84. The van der Waals surface area contributed by atoms with Gasteiger partial charge in [-0.2, -0.15) is 0 Å². The minimum atomic E-state index is -0.329. The summed E-state index contributed by atoms with van der Waals surface area (Å²) < 4.78 is 4.64. The number of hydrogen-bond acceptors (Lipinski definition) is 2. The third kappa shape index (κ3) is 4.55. The van der Waals surface area contributed by atoms with Crippen LogP contribution in [0.1, 0.15) is 25.1 Å². The lowest BCUT2D eigenvalue weighted by Crippen LogP contribution is -2.18. The summed E-state index contributed by atoms with van der Waals surface area (Å²) in [5, 5.41) is 7.30. The number of hydrogen-bond donors (Lipinski definition) is 0. The summed E-state index contributed by atoms with van der Waals surface area (Å²) in [6.07, 6.45) is 0. The van der Waals surface area contributed by atoms with Gasteiger partial charge in [0.2, 0.25) is 5.95 Å². The number of benzene rings is 8. The van der Waals surface area contributed by atoms with Gasteiger partial charge < -0.3 is 4.57 Å². The Kier molecular flexibility index (Phi) is 6.65. The summed E-state index contributed by atoms with van der Waals surface area (Å²) in [5.74, 6) is 0.687. The van der Waals surface area contributed by atoms with Crippen molar-refractivity contribution in [2.75, 3.05) is 0 Å². The van der Waals surface area contributed by atoms with Crippen LogP contribution >= 0.6 is 0 Å². The maximum atomic E-state index is 5.58. The molecule has 0 aliphatic heterocycles. The number of para-hydroxylation sites is 3. The van der Waals surface area contributed by atoms with Gasteiger partial charge in [0.1, 0.15) is 0 Å². The Morgan fingerprint density at radius 2 is 0.947 bits per heavy atom. The number of rotatable bonds is 4. The average molecular weight is 729 g/mol. The summed E-state index contributed by atoms with van der Waals surface area (Å²) in [6, 6.07) is 65.7. The molecule has 3 heterocycles. The van der Waals surface area contributed by atoms with Gasteiger partial charge in [0.05, 0.1) is 33.5 Å². The first-order chi connectivity index (χ1) is 28.0. The van der Waals surface area contributed by atoms with Crippen molar-refractivity contribution < 1.29 is 0 Å². The molecule has 0 spiro atoms. The minimum absolute atomic E-state index is 0.329. The minimum Gasteiger partial charge on any atom is -0.309 e. The fraction of sp³-hybridized carbons (Fsp3) is 0.0566. The van der Waals surface area contributed by atoms with Gasteiger partial charge in [-0.15, -0.1) is 0 Å². The van der Waals surface area contributed by atoms with E-state index in [4.69, 9.17) is 9.97 Å². The number of nitrogens with zero attached hydrogens (tertiary/aromatic N) is 4. The Morgan fingerprint density at radius 3 is 1.63 bits per heavy atom. The van der Waals surface area contributed by atoms with E-state index >= 15 is 0 Å². The van der Waals surface area contributed by atoms with Gasteiger partial charge in [0, 0.05) is 43.8 Å². The van der Waals surface area contributed by atoms with Gasteiger partial charge in [-0.05, 0) is 81.6 Å². The summed E-state index contributed by atoms with van der Waals surface area (Å²) in [6.45, 7) is 4.62. The van der Waals surface area contributed by atoms with Crippen molar-refractivity contribution in [1.82, 2.24) is 19.1 Å². The van der Waals surface area contributed by atoms with Gasteiger partial charge in [-0.25, -0.2) is 9.97 Å². The molecule has 268 valence electrons. The maximum absolute atomic E-state index is 5.58. The molecule has 4 heteroatoms. The van der Waals surface area contributed by atoms with E-state index in [0.717, 1.165) is 39.2 Å². The predicted molar refractivity (Wildman–Crippen MR) is 237 cm³/mol. The first-order valence-electron chi connectivity index (χ1n) is 19.7. The Hall–Kier alpha value is -7.30. The monoisotopic (exact) mass is 728 g/mol. The lowest BCUT2D eigenvalue weighted by molar-refractivity contribution is 0.633. The van der Waals surface area contributed by atoms with Crippen LogP contribution in [0.2, 0.25) is 0 Å². The molecule has 0 saturated carbocycles. The van der Waals surface area contributed by atoms with E-state index in [1.807, 2.05) is 0 Å². The fourth-order valence-corrected chi connectivity index (χ4v) is 9.61. The SMILES string of the molecule is CC1(C)c2ccc3ccccc3c2-c2c(-c3ccccc3)nc(-n3c4ccccc4c4cc(-c5ccc6c(c5)c5ccccc5n6-c5ccccc5)ccc43)nc21. The van der Waals surface area contributed by atoms with Gasteiger partial charge in [-0.3, -0.25) is 4.57 Å². The zero-order chi connectivity index (χ0) is 37.8. The number of fused-ring (bicyclic) bond motifs is 11. The first-order valence-corrected chi connectivity index (χ1v) is 19.7. The molecule has 1 aliphatic carbocycles. The zero-order valence-corrected chi connectivity index (χ0v) is 31.6. The Labute approximate surface area is 329 Å². The molecular formula is C53H36N4. The first kappa shape index (κ1) is 32.0. The fourth-order valence-electron chi connectivity index (χ4n) is 9.61. The second-order valence-electron chi connectivity index (χ2n) is 15.8. The second kappa shape index (κ2) is 11.8. The van der Waals surface area contributed by atoms with E-state index in [0.29, 0.717) is 5.95 Å². The van der Waals surface area contributed by atoms with Crippen LogP contribution < -0.4 is 0 Å². The molecule has 0 saturated heterocycles. The highest BCUT2D eigenvalue weighted by Gasteiger charge is 2.41. The van der Waals surface area contributed by atoms with Crippen LogP contribution in [0.5, 0.6) is 0 Å². The highest BCUT2D eigenvalue weighted by Crippen LogP contribution is 2.53. The molecule has 1 aliphatic rings. The van der Waals surface area contributed by atoms with E-state index < -0.39 is 0 Å². The molecule has 0 unspecified atom stereocenters. The topological polar surface area (TPSA) is 35.6 Å². The van der Waals surface area contributed by atoms with Crippen LogP contribution in [0.15, 0.2) is 182 Å². The molecule has 0 radical (unpaired) electrons. The normalized spacial score (nSPS) is 13.2. The van der Waals surface area contributed by atoms with Gasteiger partial charge in [0.15, 0.2) is 0 Å². The van der Waals surface area contributed by atoms with Crippen molar-refractivity contribution in [2.45, 2.75) is 19.3 Å². The molecule has 0 bridgehead atoms. The molecule has 0 fully saturated rings. The van der Waals surface area contributed by atoms with Gasteiger partial charge in [0.25, 0.3) is 0 Å². The maximum Gasteiger partial charge on any atom is 0.235 e. The van der Waals surface area contributed by atoms with E-state index in [1.54, 1.807) is 0 Å². The lowest BCUT2D eigenvalue weighted by Gasteiger charge is -2.21. The van der Waals surface area contributed by atoms with E-state index in [9.17, 15) is 0 Å². The van der Waals surface area contributed by atoms with Crippen LogP contribution in [-0.2, 0) is 5.41 Å². The average Bonchev–Trinajstić information content (AvgIpc) is 3.86. The predicted octanol–water partition coefficient (Wildman–Crippen LogP) is 13.5. The highest BCUT2D eigenvalue weighted by molar-refractivity contribution is 6.13.